The highest BCUT2D eigenvalue weighted by atomic mass is 15.2. The Hall–Kier alpha value is -7.82. The van der Waals surface area contributed by atoms with Crippen LogP contribution in [-0.4, -0.2) is 19.1 Å². The highest BCUT2D eigenvalue weighted by molar-refractivity contribution is 6.33. The first kappa shape index (κ1) is 32.4. The number of nitrogens with zero attached hydrogens (tertiary/aromatic N) is 4. The van der Waals surface area contributed by atoms with Crippen LogP contribution in [0.15, 0.2) is 206 Å². The summed E-state index contributed by atoms with van der Waals surface area (Å²) in [5.41, 5.74) is 13.2. The lowest BCUT2D eigenvalue weighted by atomic mass is 10.00. The van der Waals surface area contributed by atoms with Gasteiger partial charge in [0.2, 0.25) is 5.95 Å². The lowest BCUT2D eigenvalue weighted by molar-refractivity contribution is 1.01. The van der Waals surface area contributed by atoms with Crippen molar-refractivity contribution in [2.45, 2.75) is 0 Å². The molecule has 0 aliphatic heterocycles. The van der Waals surface area contributed by atoms with E-state index in [-0.39, 0.29) is 0 Å². The maximum atomic E-state index is 5.51. The Kier molecular flexibility index (Phi) is 7.20. The maximum Gasteiger partial charge on any atom is 0.235 e. The van der Waals surface area contributed by atoms with Gasteiger partial charge in [-0.25, -0.2) is 9.97 Å². The van der Waals surface area contributed by atoms with E-state index in [1.54, 1.807) is 0 Å². The van der Waals surface area contributed by atoms with Gasteiger partial charge in [-0.1, -0.05) is 158 Å². The zero-order chi connectivity index (χ0) is 38.2. The van der Waals surface area contributed by atoms with Gasteiger partial charge in [0, 0.05) is 38.2 Å². The van der Waals surface area contributed by atoms with Crippen molar-refractivity contribution in [1.82, 2.24) is 19.1 Å². The molecule has 0 spiro atoms. The summed E-state index contributed by atoms with van der Waals surface area (Å²) in [7, 11) is 0. The van der Waals surface area contributed by atoms with Crippen LogP contribution < -0.4 is 0 Å². The lowest BCUT2D eigenvalue weighted by Crippen LogP contribution is -2.03. The molecule has 0 aliphatic carbocycles. The normalized spacial score (nSPS) is 11.8. The Morgan fingerprint density at radius 2 is 0.862 bits per heavy atom. The molecule has 12 aromatic rings. The minimum absolute atomic E-state index is 0.646. The number of aromatic nitrogens is 4. The van der Waals surface area contributed by atoms with Crippen molar-refractivity contribution in [3.8, 4) is 45.1 Å². The Labute approximate surface area is 334 Å². The highest BCUT2D eigenvalue weighted by Gasteiger charge is 2.24. The largest absolute Gasteiger partial charge is 0.309 e. The molecule has 58 heavy (non-hydrogen) atoms. The van der Waals surface area contributed by atoms with E-state index in [4.69, 9.17) is 9.97 Å². The van der Waals surface area contributed by atoms with Crippen LogP contribution in [0.1, 0.15) is 0 Å². The fourth-order valence-corrected chi connectivity index (χ4v) is 9.14. The topological polar surface area (TPSA) is 35.6 Å². The van der Waals surface area contributed by atoms with Crippen LogP contribution in [0.25, 0.3) is 110 Å². The first-order valence-corrected chi connectivity index (χ1v) is 19.8. The van der Waals surface area contributed by atoms with Crippen molar-refractivity contribution >= 4 is 65.3 Å². The van der Waals surface area contributed by atoms with E-state index in [0.717, 1.165) is 50.0 Å². The minimum atomic E-state index is 0.646. The zero-order valence-electron chi connectivity index (χ0n) is 31.4. The summed E-state index contributed by atoms with van der Waals surface area (Å²) in [6, 6.07) is 73.7. The molecular formula is C54H34N4. The van der Waals surface area contributed by atoms with Crippen LogP contribution in [-0.2, 0) is 0 Å². The van der Waals surface area contributed by atoms with Gasteiger partial charge in [0.15, 0.2) is 0 Å². The van der Waals surface area contributed by atoms with Gasteiger partial charge in [-0.2, -0.15) is 0 Å². The van der Waals surface area contributed by atoms with Crippen molar-refractivity contribution in [3.63, 3.8) is 0 Å². The number of rotatable bonds is 5. The first-order valence-electron chi connectivity index (χ1n) is 19.8. The second-order valence-corrected chi connectivity index (χ2v) is 15.0. The smallest absolute Gasteiger partial charge is 0.235 e. The quantitative estimate of drug-likeness (QED) is 0.176. The first-order chi connectivity index (χ1) is 28.8. The van der Waals surface area contributed by atoms with Gasteiger partial charge in [0.1, 0.15) is 0 Å². The average Bonchev–Trinajstić information content (AvgIpc) is 3.82. The molecule has 4 nitrogen and oxygen atoms in total. The standard InChI is InChI=1S/C54H34N4/c1-3-15-35(16-4-1)38-20-13-22-40(33-38)53-43-25-9-11-27-45(43)55-54(56-53)58-48-30-29-37-19-7-8-24-42(37)50(48)52-49(58)32-31-47-51(52)44-26-10-12-28-46(44)57(47)41-23-14-21-39(34-41)36-17-5-2-6-18-36/h1-34H. The second-order valence-electron chi connectivity index (χ2n) is 15.0. The monoisotopic (exact) mass is 738 g/mol. The van der Waals surface area contributed by atoms with E-state index in [2.05, 4.69) is 215 Å². The van der Waals surface area contributed by atoms with Gasteiger partial charge in [-0.3, -0.25) is 4.57 Å². The van der Waals surface area contributed by atoms with Crippen LogP contribution in [0.5, 0.6) is 0 Å². The molecule has 3 heterocycles. The number of fused-ring (bicyclic) bond motifs is 10. The molecule has 4 heteroatoms. The van der Waals surface area contributed by atoms with E-state index in [1.165, 1.54) is 54.5 Å². The molecule has 0 atom stereocenters. The van der Waals surface area contributed by atoms with E-state index in [0.29, 0.717) is 5.95 Å². The van der Waals surface area contributed by atoms with Crippen molar-refractivity contribution < 1.29 is 0 Å². The van der Waals surface area contributed by atoms with Gasteiger partial charge < -0.3 is 4.57 Å². The van der Waals surface area contributed by atoms with Crippen molar-refractivity contribution in [3.05, 3.63) is 206 Å². The van der Waals surface area contributed by atoms with Gasteiger partial charge in [-0.05, 0) is 81.6 Å². The zero-order valence-corrected chi connectivity index (χ0v) is 31.4. The number of hydrogen-bond donors (Lipinski definition) is 0. The van der Waals surface area contributed by atoms with Crippen molar-refractivity contribution in [1.29, 1.82) is 0 Å². The third-order valence-electron chi connectivity index (χ3n) is 11.7. The van der Waals surface area contributed by atoms with Crippen LogP contribution in [0.4, 0.5) is 0 Å². The summed E-state index contributed by atoms with van der Waals surface area (Å²) in [5.74, 6) is 0.646. The molecule has 0 fully saturated rings. The minimum Gasteiger partial charge on any atom is -0.309 e. The molecule has 0 unspecified atom stereocenters. The second kappa shape index (κ2) is 12.9. The van der Waals surface area contributed by atoms with E-state index >= 15 is 0 Å². The molecule has 9 aromatic carbocycles. The summed E-state index contributed by atoms with van der Waals surface area (Å²) in [6.07, 6.45) is 0. The highest BCUT2D eigenvalue weighted by Crippen LogP contribution is 2.45. The Bertz CT molecular complexity index is 3560. The molecule has 0 N–H and O–H groups in total. The molecule has 270 valence electrons. The Balaban J connectivity index is 1.18. The molecular weight excluding hydrogens is 705 g/mol. The summed E-state index contributed by atoms with van der Waals surface area (Å²) >= 11 is 0. The van der Waals surface area contributed by atoms with E-state index in [9.17, 15) is 0 Å². The molecule has 0 saturated carbocycles. The third kappa shape index (κ3) is 4.95. The molecule has 12 rings (SSSR count). The van der Waals surface area contributed by atoms with Crippen LogP contribution >= 0.6 is 0 Å². The van der Waals surface area contributed by atoms with Crippen molar-refractivity contribution in [2.24, 2.45) is 0 Å². The Morgan fingerprint density at radius 3 is 1.66 bits per heavy atom. The molecule has 0 saturated heterocycles. The van der Waals surface area contributed by atoms with Gasteiger partial charge in [0.25, 0.3) is 0 Å². The summed E-state index contributed by atoms with van der Waals surface area (Å²) in [5, 5.41) is 8.24. The molecule has 0 amide bonds. The third-order valence-corrected chi connectivity index (χ3v) is 11.7. The Morgan fingerprint density at radius 1 is 0.310 bits per heavy atom. The fourth-order valence-electron chi connectivity index (χ4n) is 9.14. The molecule has 0 radical (unpaired) electrons. The van der Waals surface area contributed by atoms with Gasteiger partial charge >= 0.3 is 0 Å². The predicted molar refractivity (Wildman–Crippen MR) is 242 cm³/mol. The number of hydrogen-bond acceptors (Lipinski definition) is 2. The molecule has 0 aliphatic rings. The molecule has 3 aromatic heterocycles. The van der Waals surface area contributed by atoms with Gasteiger partial charge in [-0.15, -0.1) is 0 Å². The van der Waals surface area contributed by atoms with E-state index < -0.39 is 0 Å². The van der Waals surface area contributed by atoms with Crippen LogP contribution in [0.3, 0.4) is 0 Å². The lowest BCUT2D eigenvalue weighted by Gasteiger charge is -2.13. The summed E-state index contributed by atoms with van der Waals surface area (Å²) in [6.45, 7) is 0. The summed E-state index contributed by atoms with van der Waals surface area (Å²) in [4.78, 5) is 10.9. The van der Waals surface area contributed by atoms with Crippen LogP contribution in [0, 0.1) is 0 Å². The predicted octanol–water partition coefficient (Wildman–Crippen LogP) is 14.0. The van der Waals surface area contributed by atoms with Gasteiger partial charge in [0.05, 0.1) is 33.3 Å². The van der Waals surface area contributed by atoms with E-state index in [1.807, 2.05) is 0 Å². The number of benzene rings is 9. The summed E-state index contributed by atoms with van der Waals surface area (Å²) < 4.78 is 4.71. The molecule has 0 bridgehead atoms. The van der Waals surface area contributed by atoms with Crippen LogP contribution in [0.2, 0.25) is 0 Å². The van der Waals surface area contributed by atoms with Crippen molar-refractivity contribution in [2.75, 3.05) is 0 Å². The number of para-hydroxylation sites is 2. The fraction of sp³-hybridized carbons (Fsp3) is 0. The average molecular weight is 739 g/mol. The maximum absolute atomic E-state index is 5.51. The SMILES string of the molecule is c1ccc(-c2cccc(-c3nc(-n4c5ccc6ccccc6c5c5c6c7ccccc7n(-c7cccc(-c8ccccc8)c7)c6ccc54)nc4ccccc34)c2)cc1.